The predicted octanol–water partition coefficient (Wildman–Crippen LogP) is 3.68. The average molecular weight is 336 g/mol. The number of anilines is 1. The Kier molecular flexibility index (Phi) is 3.71. The normalized spacial score (nSPS) is 24.8. The van der Waals surface area contributed by atoms with Crippen LogP contribution in [0, 0.1) is 11.3 Å². The van der Waals surface area contributed by atoms with Gasteiger partial charge in [-0.3, -0.25) is 0 Å². The Morgan fingerprint density at radius 1 is 1.20 bits per heavy atom. The molecule has 3 unspecified atom stereocenters. The smallest absolute Gasteiger partial charge is 0.335 e. The van der Waals surface area contributed by atoms with Gasteiger partial charge in [0.25, 0.3) is 0 Å². The van der Waals surface area contributed by atoms with E-state index in [0.29, 0.717) is 29.1 Å². The molecule has 25 heavy (non-hydrogen) atoms. The van der Waals surface area contributed by atoms with E-state index in [1.165, 1.54) is 0 Å². The quantitative estimate of drug-likeness (QED) is 0.729. The molecule has 5 heteroatoms. The molecule has 2 aromatic rings. The molecule has 1 aliphatic heterocycles. The molecule has 0 aromatic heterocycles. The summed E-state index contributed by atoms with van der Waals surface area (Å²) >= 11 is 0. The maximum Gasteiger partial charge on any atom is 0.335 e. The molecule has 3 atom stereocenters. The second-order valence-corrected chi connectivity index (χ2v) is 6.83. The summed E-state index contributed by atoms with van der Waals surface area (Å²) in [5, 5.41) is 17.7. The molecule has 0 saturated heterocycles. The molecule has 5 nitrogen and oxygen atoms in total. The van der Waals surface area contributed by atoms with Gasteiger partial charge in [0.15, 0.2) is 0 Å². The molecule has 0 spiro atoms. The molecular weight excluding hydrogens is 316 g/mol. The van der Waals surface area contributed by atoms with Crippen LogP contribution in [0.2, 0.25) is 0 Å². The van der Waals surface area contributed by atoms with Crippen LogP contribution in [0.25, 0.3) is 0 Å². The van der Waals surface area contributed by atoms with Crippen molar-refractivity contribution in [2.75, 3.05) is 5.73 Å². The topological polar surface area (TPSA) is 96.4 Å². The van der Waals surface area contributed by atoms with Gasteiger partial charge < -0.3 is 21.0 Å². The first kappa shape index (κ1) is 15.7. The van der Waals surface area contributed by atoms with Crippen LogP contribution in [0.4, 0.5) is 5.69 Å². The number of nitrogens with two attached hydrogens (primary N) is 1. The SMILES string of the molecule is N=C1CCC2C(C1)Oc1cc(N)ccc1C2c1ccccc1C(=O)O. The fraction of sp³-hybridized carbons (Fsp3) is 0.300. The fourth-order valence-corrected chi connectivity index (χ4v) is 4.20. The van der Waals surface area contributed by atoms with Gasteiger partial charge in [0.05, 0.1) is 5.56 Å². The van der Waals surface area contributed by atoms with E-state index in [4.69, 9.17) is 15.9 Å². The van der Waals surface area contributed by atoms with Crippen LogP contribution in [-0.4, -0.2) is 22.9 Å². The highest BCUT2D eigenvalue weighted by molar-refractivity contribution is 5.90. The van der Waals surface area contributed by atoms with Crippen LogP contribution in [-0.2, 0) is 0 Å². The molecule has 1 aliphatic carbocycles. The van der Waals surface area contributed by atoms with Crippen LogP contribution in [0.1, 0.15) is 46.7 Å². The van der Waals surface area contributed by atoms with Gasteiger partial charge in [-0.2, -0.15) is 0 Å². The molecule has 0 radical (unpaired) electrons. The first-order valence-electron chi connectivity index (χ1n) is 8.49. The number of fused-ring (bicyclic) bond motifs is 2. The van der Waals surface area contributed by atoms with Gasteiger partial charge in [0, 0.05) is 41.3 Å². The third-order valence-corrected chi connectivity index (χ3v) is 5.31. The minimum Gasteiger partial charge on any atom is -0.489 e. The zero-order valence-electron chi connectivity index (χ0n) is 13.7. The first-order valence-corrected chi connectivity index (χ1v) is 8.49. The predicted molar refractivity (Wildman–Crippen MR) is 95.6 cm³/mol. The lowest BCUT2D eigenvalue weighted by atomic mass is 9.69. The molecule has 4 rings (SSSR count). The third-order valence-electron chi connectivity index (χ3n) is 5.31. The average Bonchev–Trinajstić information content (AvgIpc) is 2.59. The summed E-state index contributed by atoms with van der Waals surface area (Å²) in [6.07, 6.45) is 2.04. The van der Waals surface area contributed by atoms with Crippen molar-refractivity contribution in [3.8, 4) is 5.75 Å². The number of nitrogen functional groups attached to an aromatic ring is 1. The van der Waals surface area contributed by atoms with Crippen molar-refractivity contribution < 1.29 is 14.6 Å². The van der Waals surface area contributed by atoms with Crippen molar-refractivity contribution >= 4 is 17.4 Å². The standard InChI is InChI=1S/C20H20N2O3/c21-11-5-7-15-17(9-11)25-18-10-12(22)6-8-16(18)19(15)13-3-1-2-4-14(13)20(23)24/h1-5,7,9,16,18-19,22H,6,8,10,21H2,(H,23,24). The lowest BCUT2D eigenvalue weighted by molar-refractivity contribution is 0.0687. The first-order chi connectivity index (χ1) is 12.0. The van der Waals surface area contributed by atoms with E-state index in [0.717, 1.165) is 24.0 Å². The van der Waals surface area contributed by atoms with Crippen molar-refractivity contribution in [2.45, 2.75) is 31.3 Å². The summed E-state index contributed by atoms with van der Waals surface area (Å²) in [5.74, 6) is -0.110. The van der Waals surface area contributed by atoms with Crippen LogP contribution in [0.15, 0.2) is 42.5 Å². The lowest BCUT2D eigenvalue weighted by Crippen LogP contribution is -2.41. The van der Waals surface area contributed by atoms with Gasteiger partial charge in [-0.1, -0.05) is 24.3 Å². The van der Waals surface area contributed by atoms with Crippen LogP contribution >= 0.6 is 0 Å². The number of aromatic carboxylic acids is 1. The molecule has 4 N–H and O–H groups in total. The van der Waals surface area contributed by atoms with Gasteiger partial charge in [-0.15, -0.1) is 0 Å². The summed E-state index contributed by atoms with van der Waals surface area (Å²) in [7, 11) is 0. The minimum absolute atomic E-state index is 0.0604. The zero-order valence-corrected chi connectivity index (χ0v) is 13.7. The Balaban J connectivity index is 1.90. The molecule has 2 aliphatic rings. The van der Waals surface area contributed by atoms with Crippen LogP contribution in [0.3, 0.4) is 0 Å². The minimum atomic E-state index is -0.917. The monoisotopic (exact) mass is 336 g/mol. The van der Waals surface area contributed by atoms with Crippen LogP contribution in [0.5, 0.6) is 5.75 Å². The van der Waals surface area contributed by atoms with Gasteiger partial charge >= 0.3 is 5.97 Å². The van der Waals surface area contributed by atoms with Gasteiger partial charge in [-0.05, 0) is 30.5 Å². The summed E-state index contributed by atoms with van der Waals surface area (Å²) in [5.41, 5.74) is 9.36. The maximum absolute atomic E-state index is 11.8. The van der Waals surface area contributed by atoms with E-state index in [1.807, 2.05) is 24.3 Å². The zero-order chi connectivity index (χ0) is 17.6. The number of ether oxygens (including phenoxy) is 1. The Morgan fingerprint density at radius 2 is 2.00 bits per heavy atom. The molecular formula is C20H20N2O3. The molecule has 128 valence electrons. The maximum atomic E-state index is 11.8. The Bertz CT molecular complexity index is 862. The molecule has 1 fully saturated rings. The van der Waals surface area contributed by atoms with Gasteiger partial charge in [0.1, 0.15) is 11.9 Å². The van der Waals surface area contributed by atoms with E-state index in [1.54, 1.807) is 18.2 Å². The highest BCUT2D eigenvalue weighted by Gasteiger charge is 2.42. The highest BCUT2D eigenvalue weighted by atomic mass is 16.5. The van der Waals surface area contributed by atoms with E-state index in [2.05, 4.69) is 0 Å². The molecule has 0 amide bonds. The number of nitrogens with one attached hydrogen (secondary N) is 1. The molecule has 2 aromatic carbocycles. The summed E-state index contributed by atoms with van der Waals surface area (Å²) in [6.45, 7) is 0. The largest absolute Gasteiger partial charge is 0.489 e. The number of carboxylic acids is 1. The van der Waals surface area contributed by atoms with Crippen molar-refractivity contribution in [1.82, 2.24) is 0 Å². The third kappa shape index (κ3) is 2.65. The van der Waals surface area contributed by atoms with E-state index < -0.39 is 5.97 Å². The van der Waals surface area contributed by atoms with Crippen molar-refractivity contribution in [3.05, 3.63) is 59.2 Å². The Labute approximate surface area is 145 Å². The second-order valence-electron chi connectivity index (χ2n) is 6.83. The number of carboxylic acid groups (broad SMARTS) is 1. The number of carbonyl (C=O) groups is 1. The lowest BCUT2D eigenvalue weighted by Gasteiger charge is -2.43. The van der Waals surface area contributed by atoms with E-state index >= 15 is 0 Å². The fourth-order valence-electron chi connectivity index (χ4n) is 4.20. The number of hydrogen-bond donors (Lipinski definition) is 3. The summed E-state index contributed by atoms with van der Waals surface area (Å²) in [6, 6.07) is 12.8. The second kappa shape index (κ2) is 5.92. The van der Waals surface area contributed by atoms with Crippen molar-refractivity contribution in [2.24, 2.45) is 5.92 Å². The van der Waals surface area contributed by atoms with Crippen molar-refractivity contribution in [3.63, 3.8) is 0 Å². The van der Waals surface area contributed by atoms with Crippen molar-refractivity contribution in [1.29, 1.82) is 5.41 Å². The summed E-state index contributed by atoms with van der Waals surface area (Å²) < 4.78 is 6.17. The van der Waals surface area contributed by atoms with Gasteiger partial charge in [-0.25, -0.2) is 4.79 Å². The number of hydrogen-bond acceptors (Lipinski definition) is 4. The van der Waals surface area contributed by atoms with Gasteiger partial charge in [0.2, 0.25) is 0 Å². The van der Waals surface area contributed by atoms with E-state index in [9.17, 15) is 9.90 Å². The molecule has 1 saturated carbocycles. The Morgan fingerprint density at radius 3 is 2.80 bits per heavy atom. The number of benzene rings is 2. The Hall–Kier alpha value is -2.82. The number of rotatable bonds is 2. The highest BCUT2D eigenvalue weighted by Crippen LogP contribution is 2.49. The molecule has 0 bridgehead atoms. The molecule has 1 heterocycles. The van der Waals surface area contributed by atoms with E-state index in [-0.39, 0.29) is 17.9 Å². The van der Waals surface area contributed by atoms with Crippen LogP contribution < -0.4 is 10.5 Å². The summed E-state index contributed by atoms with van der Waals surface area (Å²) in [4.78, 5) is 11.8.